The SMILES string of the molecule is Cl.NC(=O)c1csc(Cn2ccc3ccncc32)c1. The summed E-state index contributed by atoms with van der Waals surface area (Å²) in [7, 11) is 0. The minimum Gasteiger partial charge on any atom is -0.366 e. The van der Waals surface area contributed by atoms with Crippen LogP contribution in [0, 0.1) is 0 Å². The number of nitrogens with two attached hydrogens (primary N) is 1. The largest absolute Gasteiger partial charge is 0.366 e. The molecule has 0 bridgehead atoms. The Bertz CT molecular complexity index is 719. The maximum absolute atomic E-state index is 11.0. The molecule has 0 atom stereocenters. The number of primary amides is 1. The zero-order valence-corrected chi connectivity index (χ0v) is 11.6. The standard InChI is InChI=1S/C13H11N3OS.ClH/c14-13(17)10-5-11(18-8-10)7-16-4-2-9-1-3-15-6-12(9)16;/h1-6,8H,7H2,(H2,14,17);1H. The van der Waals surface area contributed by atoms with Crippen molar-refractivity contribution in [3.8, 4) is 0 Å². The normalized spacial score (nSPS) is 10.3. The van der Waals surface area contributed by atoms with E-state index in [1.165, 1.54) is 0 Å². The Morgan fingerprint density at radius 1 is 1.42 bits per heavy atom. The van der Waals surface area contributed by atoms with Gasteiger partial charge in [0.1, 0.15) is 0 Å². The Labute approximate surface area is 120 Å². The van der Waals surface area contributed by atoms with E-state index in [0.29, 0.717) is 5.56 Å². The van der Waals surface area contributed by atoms with Crippen molar-refractivity contribution in [2.24, 2.45) is 5.73 Å². The Kier molecular flexibility index (Phi) is 3.87. The molecule has 3 heterocycles. The molecule has 98 valence electrons. The first-order valence-corrected chi connectivity index (χ1v) is 6.38. The van der Waals surface area contributed by atoms with Gasteiger partial charge in [-0.1, -0.05) is 0 Å². The molecule has 2 N–H and O–H groups in total. The fourth-order valence-electron chi connectivity index (χ4n) is 1.93. The maximum atomic E-state index is 11.0. The maximum Gasteiger partial charge on any atom is 0.249 e. The molecule has 3 aromatic heterocycles. The number of rotatable bonds is 3. The highest BCUT2D eigenvalue weighted by molar-refractivity contribution is 7.10. The van der Waals surface area contributed by atoms with Crippen molar-refractivity contribution in [1.29, 1.82) is 0 Å². The summed E-state index contributed by atoms with van der Waals surface area (Å²) in [5.41, 5.74) is 6.91. The van der Waals surface area contributed by atoms with Crippen LogP contribution >= 0.6 is 23.7 Å². The van der Waals surface area contributed by atoms with Crippen molar-refractivity contribution in [3.05, 3.63) is 52.6 Å². The highest BCUT2D eigenvalue weighted by Crippen LogP contribution is 2.19. The number of amides is 1. The molecule has 0 saturated heterocycles. The third-order valence-corrected chi connectivity index (χ3v) is 3.76. The first-order valence-electron chi connectivity index (χ1n) is 5.50. The fourth-order valence-corrected chi connectivity index (χ4v) is 2.80. The van der Waals surface area contributed by atoms with E-state index in [0.717, 1.165) is 22.3 Å². The summed E-state index contributed by atoms with van der Waals surface area (Å²) in [6.07, 6.45) is 5.65. The van der Waals surface area contributed by atoms with Crippen LogP contribution in [0.25, 0.3) is 10.9 Å². The van der Waals surface area contributed by atoms with Gasteiger partial charge >= 0.3 is 0 Å². The van der Waals surface area contributed by atoms with E-state index in [1.807, 2.05) is 24.5 Å². The van der Waals surface area contributed by atoms with E-state index in [2.05, 4.69) is 15.6 Å². The van der Waals surface area contributed by atoms with Gasteiger partial charge in [-0.15, -0.1) is 23.7 Å². The summed E-state index contributed by atoms with van der Waals surface area (Å²) in [5, 5.41) is 2.96. The zero-order valence-electron chi connectivity index (χ0n) is 9.95. The molecule has 0 saturated carbocycles. The molecule has 0 aromatic carbocycles. The van der Waals surface area contributed by atoms with Crippen LogP contribution in [0.15, 0.2) is 42.2 Å². The minimum absolute atomic E-state index is 0. The fraction of sp³-hybridized carbons (Fsp3) is 0.0769. The number of thiophene rings is 1. The monoisotopic (exact) mass is 293 g/mol. The first kappa shape index (κ1) is 13.6. The molecule has 0 aliphatic heterocycles. The number of nitrogens with zero attached hydrogens (tertiary/aromatic N) is 2. The van der Waals surface area contributed by atoms with Crippen molar-refractivity contribution < 1.29 is 4.79 Å². The van der Waals surface area contributed by atoms with Crippen LogP contribution in [-0.4, -0.2) is 15.5 Å². The summed E-state index contributed by atoms with van der Waals surface area (Å²) in [6, 6.07) is 5.88. The van der Waals surface area contributed by atoms with Gasteiger partial charge in [-0.2, -0.15) is 0 Å². The van der Waals surface area contributed by atoms with Crippen molar-refractivity contribution in [2.75, 3.05) is 0 Å². The molecule has 4 nitrogen and oxygen atoms in total. The van der Waals surface area contributed by atoms with Gasteiger partial charge in [0, 0.05) is 28.0 Å². The summed E-state index contributed by atoms with van der Waals surface area (Å²) < 4.78 is 2.11. The number of halogens is 1. The minimum atomic E-state index is -0.378. The van der Waals surface area contributed by atoms with Gasteiger partial charge in [0.15, 0.2) is 0 Å². The summed E-state index contributed by atoms with van der Waals surface area (Å²) in [4.78, 5) is 16.3. The predicted octanol–water partition coefficient (Wildman–Crippen LogP) is 2.67. The molecule has 6 heteroatoms. The number of carbonyl (C=O) groups excluding carboxylic acids is 1. The molecule has 19 heavy (non-hydrogen) atoms. The molecule has 0 aliphatic rings. The van der Waals surface area contributed by atoms with Gasteiger partial charge in [0.25, 0.3) is 0 Å². The van der Waals surface area contributed by atoms with Gasteiger partial charge in [0.05, 0.1) is 23.8 Å². The number of hydrogen-bond donors (Lipinski definition) is 1. The van der Waals surface area contributed by atoms with Crippen LogP contribution in [0.5, 0.6) is 0 Å². The zero-order chi connectivity index (χ0) is 12.5. The van der Waals surface area contributed by atoms with Gasteiger partial charge in [-0.05, 0) is 18.2 Å². The van der Waals surface area contributed by atoms with Gasteiger partial charge in [-0.3, -0.25) is 9.78 Å². The molecule has 3 aromatic rings. The molecule has 1 amide bonds. The van der Waals surface area contributed by atoms with Crippen molar-refractivity contribution in [3.63, 3.8) is 0 Å². The van der Waals surface area contributed by atoms with Crippen molar-refractivity contribution >= 4 is 40.6 Å². The molecular formula is C13H12ClN3OS. The average molecular weight is 294 g/mol. The molecule has 3 rings (SSSR count). The number of fused-ring (bicyclic) bond motifs is 1. The number of aromatic nitrogens is 2. The summed E-state index contributed by atoms with van der Waals surface area (Å²) in [6.45, 7) is 0.729. The number of carbonyl (C=O) groups is 1. The lowest BCUT2D eigenvalue weighted by Gasteiger charge is -2.02. The molecular weight excluding hydrogens is 282 g/mol. The van der Waals surface area contributed by atoms with Crippen LogP contribution in [0.3, 0.4) is 0 Å². The van der Waals surface area contributed by atoms with Crippen LogP contribution in [0.2, 0.25) is 0 Å². The smallest absolute Gasteiger partial charge is 0.249 e. The molecule has 0 unspecified atom stereocenters. The highest BCUT2D eigenvalue weighted by Gasteiger charge is 2.06. The first-order chi connectivity index (χ1) is 8.74. The van der Waals surface area contributed by atoms with Gasteiger partial charge in [-0.25, -0.2) is 0 Å². The van der Waals surface area contributed by atoms with Crippen molar-refractivity contribution in [2.45, 2.75) is 6.54 Å². The Balaban J connectivity index is 0.00000133. The topological polar surface area (TPSA) is 60.9 Å². The molecule has 0 spiro atoms. The number of hydrogen-bond acceptors (Lipinski definition) is 3. The quantitative estimate of drug-likeness (QED) is 0.807. The molecule has 0 aliphatic carbocycles. The van der Waals surface area contributed by atoms with E-state index in [-0.39, 0.29) is 18.3 Å². The van der Waals surface area contributed by atoms with E-state index < -0.39 is 0 Å². The molecule has 0 radical (unpaired) electrons. The highest BCUT2D eigenvalue weighted by atomic mass is 35.5. The second-order valence-corrected chi connectivity index (χ2v) is 5.04. The number of pyridine rings is 1. The lowest BCUT2D eigenvalue weighted by atomic mass is 10.3. The lowest BCUT2D eigenvalue weighted by Crippen LogP contribution is -2.09. The van der Waals surface area contributed by atoms with Crippen molar-refractivity contribution in [1.82, 2.24) is 9.55 Å². The lowest BCUT2D eigenvalue weighted by molar-refractivity contribution is 0.100. The van der Waals surface area contributed by atoms with Crippen LogP contribution in [0.1, 0.15) is 15.2 Å². The van der Waals surface area contributed by atoms with E-state index in [4.69, 9.17) is 5.73 Å². The van der Waals surface area contributed by atoms with Gasteiger partial charge in [0.2, 0.25) is 5.91 Å². The van der Waals surface area contributed by atoms with E-state index in [9.17, 15) is 4.79 Å². The molecule has 0 fully saturated rings. The van der Waals surface area contributed by atoms with E-state index >= 15 is 0 Å². The average Bonchev–Trinajstić information content (AvgIpc) is 2.98. The second kappa shape index (κ2) is 5.42. The van der Waals surface area contributed by atoms with Gasteiger partial charge < -0.3 is 10.3 Å². The third kappa shape index (κ3) is 2.62. The van der Waals surface area contributed by atoms with E-state index in [1.54, 1.807) is 22.9 Å². The summed E-state index contributed by atoms with van der Waals surface area (Å²) >= 11 is 1.54. The second-order valence-electron chi connectivity index (χ2n) is 4.04. The van der Waals surface area contributed by atoms with Crippen LogP contribution in [0.4, 0.5) is 0 Å². The third-order valence-electron chi connectivity index (χ3n) is 2.84. The Morgan fingerprint density at radius 3 is 3.00 bits per heavy atom. The van der Waals surface area contributed by atoms with Crippen LogP contribution in [-0.2, 0) is 6.54 Å². The predicted molar refractivity (Wildman–Crippen MR) is 78.9 cm³/mol. The Hall–Kier alpha value is -1.85. The van der Waals surface area contributed by atoms with Crippen LogP contribution < -0.4 is 5.73 Å². The Morgan fingerprint density at radius 2 is 2.26 bits per heavy atom. The summed E-state index contributed by atoms with van der Waals surface area (Å²) in [5.74, 6) is -0.378.